The third kappa shape index (κ3) is 2.32. The van der Waals surface area contributed by atoms with E-state index < -0.39 is 0 Å². The number of pyridine rings is 1. The fourth-order valence-electron chi connectivity index (χ4n) is 2.31. The van der Waals surface area contributed by atoms with E-state index in [0.29, 0.717) is 11.3 Å². The molecule has 3 nitrogen and oxygen atoms in total. The van der Waals surface area contributed by atoms with Gasteiger partial charge in [0.05, 0.1) is 6.57 Å². The Morgan fingerprint density at radius 2 is 2.11 bits per heavy atom. The molecule has 0 bridgehead atoms. The molecule has 3 rings (SSSR count). The van der Waals surface area contributed by atoms with Crippen molar-refractivity contribution in [3.8, 4) is 0 Å². The zero-order valence-electron chi connectivity index (χ0n) is 11.4. The minimum absolute atomic E-state index is 0. The molecule has 0 aliphatic rings. The molecule has 0 spiro atoms. The molecule has 3 aromatic rings. The van der Waals surface area contributed by atoms with Crippen LogP contribution in [0.25, 0.3) is 21.5 Å². The first kappa shape index (κ1) is 14.9. The van der Waals surface area contributed by atoms with Crippen LogP contribution in [0.15, 0.2) is 24.3 Å². The van der Waals surface area contributed by atoms with Crippen LogP contribution in [-0.2, 0) is 6.42 Å². The molecule has 0 aliphatic carbocycles. The molecule has 0 N–H and O–H groups in total. The summed E-state index contributed by atoms with van der Waals surface area (Å²) in [4.78, 5) is 8.19. The van der Waals surface area contributed by atoms with Crippen LogP contribution in [0.4, 0.5) is 5.69 Å². The second kappa shape index (κ2) is 5.84. The molecular formula is C15H12N3Rb. The van der Waals surface area contributed by atoms with Crippen LogP contribution in [0.5, 0.6) is 0 Å². The Balaban J connectivity index is 0.00000133. The van der Waals surface area contributed by atoms with E-state index in [0.717, 1.165) is 28.6 Å². The molecule has 0 aliphatic heterocycles. The number of hydrogen-bond donors (Lipinski definition) is 0. The molecule has 2 heterocycles. The normalized spacial score (nSPS) is 10.4. The van der Waals surface area contributed by atoms with Crippen molar-refractivity contribution >= 4 is 22.4 Å². The predicted molar refractivity (Wildman–Crippen MR) is 71.9 cm³/mol. The summed E-state index contributed by atoms with van der Waals surface area (Å²) >= 11 is 0. The van der Waals surface area contributed by atoms with Crippen LogP contribution in [0, 0.1) is 19.7 Å². The largest absolute Gasteiger partial charge is 1.00 e. The van der Waals surface area contributed by atoms with Crippen LogP contribution in [0.3, 0.4) is 0 Å². The number of aromatic nitrogens is 2. The smallest absolute Gasteiger partial charge is 0.429 e. The van der Waals surface area contributed by atoms with Gasteiger partial charge >= 0.3 is 58.2 Å². The predicted octanol–water partition coefficient (Wildman–Crippen LogP) is 0.713. The van der Waals surface area contributed by atoms with Crippen molar-refractivity contribution in [2.75, 3.05) is 0 Å². The Kier molecular flexibility index (Phi) is 4.57. The molecule has 0 atom stereocenters. The van der Waals surface area contributed by atoms with Crippen molar-refractivity contribution in [2.45, 2.75) is 20.3 Å². The molecular weight excluding hydrogens is 308 g/mol. The third-order valence-corrected chi connectivity index (χ3v) is 3.29. The Morgan fingerprint density at radius 1 is 1.37 bits per heavy atom. The standard InChI is InChI=1S/C15H12N3.Rb/c1-4-11-9-18-13-8-6-5-7-12(13)17-15(18)14(16-3)10(11)2;/h5-8H,4H2,1-2H3;/q-1;+1. The van der Waals surface area contributed by atoms with Crippen LogP contribution < -0.4 is 58.2 Å². The zero-order valence-corrected chi connectivity index (χ0v) is 16.3. The van der Waals surface area contributed by atoms with Crippen LogP contribution in [0.1, 0.15) is 18.1 Å². The van der Waals surface area contributed by atoms with Gasteiger partial charge in [0.25, 0.3) is 0 Å². The molecule has 4 heteroatoms. The van der Waals surface area contributed by atoms with Gasteiger partial charge < -0.3 is 9.38 Å². The van der Waals surface area contributed by atoms with Crippen molar-refractivity contribution in [1.29, 1.82) is 0 Å². The van der Waals surface area contributed by atoms with Crippen LogP contribution in [-0.4, -0.2) is 9.38 Å². The van der Waals surface area contributed by atoms with Gasteiger partial charge in [-0.15, -0.1) is 11.1 Å². The average molecular weight is 320 g/mol. The zero-order chi connectivity index (χ0) is 12.7. The van der Waals surface area contributed by atoms with Crippen LogP contribution >= 0.6 is 0 Å². The first-order valence-electron chi connectivity index (χ1n) is 5.95. The monoisotopic (exact) mass is 319 g/mol. The summed E-state index contributed by atoms with van der Waals surface area (Å²) in [6.07, 6.45) is 4.23. The SMILES string of the molecule is [C-]#[N+]c1c(C)c(CC)[c-]n2c1nc1ccccc12.[Rb+]. The maximum Gasteiger partial charge on any atom is 1.00 e. The van der Waals surface area contributed by atoms with E-state index in [1.54, 1.807) is 0 Å². The number of para-hydroxylation sites is 2. The molecule has 19 heavy (non-hydrogen) atoms. The van der Waals surface area contributed by atoms with E-state index in [-0.39, 0.29) is 58.2 Å². The Morgan fingerprint density at radius 3 is 2.79 bits per heavy atom. The first-order valence-corrected chi connectivity index (χ1v) is 5.95. The second-order valence-electron chi connectivity index (χ2n) is 4.29. The maximum absolute atomic E-state index is 7.37. The number of nitrogens with zero attached hydrogens (tertiary/aromatic N) is 3. The van der Waals surface area contributed by atoms with E-state index in [1.165, 1.54) is 0 Å². The number of imidazole rings is 1. The molecule has 0 unspecified atom stereocenters. The van der Waals surface area contributed by atoms with Gasteiger partial charge in [0.2, 0.25) is 0 Å². The van der Waals surface area contributed by atoms with E-state index in [2.05, 4.69) is 22.9 Å². The van der Waals surface area contributed by atoms with Gasteiger partial charge in [-0.05, 0) is 18.0 Å². The summed E-state index contributed by atoms with van der Waals surface area (Å²) < 4.78 is 1.91. The fourth-order valence-corrected chi connectivity index (χ4v) is 2.31. The number of benzene rings is 1. The summed E-state index contributed by atoms with van der Waals surface area (Å²) in [5, 5.41) is 0. The van der Waals surface area contributed by atoms with Gasteiger partial charge in [0.15, 0.2) is 5.69 Å². The molecule has 2 aromatic heterocycles. The minimum Gasteiger partial charge on any atom is -0.429 e. The minimum atomic E-state index is 0. The van der Waals surface area contributed by atoms with Gasteiger partial charge in [0, 0.05) is 11.2 Å². The molecule has 0 saturated carbocycles. The van der Waals surface area contributed by atoms with Crippen molar-refractivity contribution in [3.63, 3.8) is 0 Å². The Labute approximate surface area is 161 Å². The van der Waals surface area contributed by atoms with Gasteiger partial charge in [-0.2, -0.15) is 0 Å². The molecule has 1 aromatic carbocycles. The average Bonchev–Trinajstić information content (AvgIpc) is 2.76. The van der Waals surface area contributed by atoms with Crippen LogP contribution in [0.2, 0.25) is 0 Å². The van der Waals surface area contributed by atoms with Gasteiger partial charge in [-0.3, -0.25) is 4.85 Å². The fraction of sp³-hybridized carbons (Fsp3) is 0.200. The number of hydrogen-bond acceptors (Lipinski definition) is 1. The number of aryl methyl sites for hydroxylation is 1. The van der Waals surface area contributed by atoms with Crippen molar-refractivity contribution in [1.82, 2.24) is 9.38 Å². The van der Waals surface area contributed by atoms with Gasteiger partial charge in [0.1, 0.15) is 0 Å². The molecule has 0 amide bonds. The van der Waals surface area contributed by atoms with Crippen molar-refractivity contribution in [3.05, 3.63) is 53.0 Å². The first-order chi connectivity index (χ1) is 8.76. The van der Waals surface area contributed by atoms with E-state index >= 15 is 0 Å². The van der Waals surface area contributed by atoms with E-state index in [4.69, 9.17) is 6.57 Å². The van der Waals surface area contributed by atoms with Gasteiger partial charge in [-0.1, -0.05) is 38.2 Å². The summed E-state index contributed by atoms with van der Waals surface area (Å²) in [5.41, 5.74) is 5.34. The quantitative estimate of drug-likeness (QED) is 0.606. The van der Waals surface area contributed by atoms with E-state index in [9.17, 15) is 0 Å². The third-order valence-electron chi connectivity index (χ3n) is 3.29. The van der Waals surface area contributed by atoms with E-state index in [1.807, 2.05) is 35.6 Å². The Bertz CT molecular complexity index is 796. The second-order valence-corrected chi connectivity index (χ2v) is 4.29. The molecule has 0 radical (unpaired) electrons. The summed E-state index contributed by atoms with van der Waals surface area (Å²) in [6, 6.07) is 7.91. The maximum atomic E-state index is 7.37. The summed E-state index contributed by atoms with van der Waals surface area (Å²) in [5.74, 6) is 0. The number of rotatable bonds is 1. The summed E-state index contributed by atoms with van der Waals surface area (Å²) in [7, 11) is 0. The molecule has 88 valence electrons. The summed E-state index contributed by atoms with van der Waals surface area (Å²) in [6.45, 7) is 11.4. The number of fused-ring (bicyclic) bond motifs is 3. The van der Waals surface area contributed by atoms with Gasteiger partial charge in [-0.25, -0.2) is 0 Å². The van der Waals surface area contributed by atoms with Crippen molar-refractivity contribution in [2.24, 2.45) is 0 Å². The molecule has 0 fully saturated rings. The molecule has 0 saturated heterocycles. The van der Waals surface area contributed by atoms with Crippen molar-refractivity contribution < 1.29 is 58.2 Å². The topological polar surface area (TPSA) is 21.7 Å². The Hall–Kier alpha value is -0.535.